The molecule has 0 fully saturated rings. The molecule has 0 spiro atoms. The molecule has 0 saturated carbocycles. The third-order valence-electron chi connectivity index (χ3n) is 4.00. The summed E-state index contributed by atoms with van der Waals surface area (Å²) in [5.41, 5.74) is 0.895. The summed E-state index contributed by atoms with van der Waals surface area (Å²) in [5, 5.41) is 5.42. The van der Waals surface area contributed by atoms with Gasteiger partial charge in [0.25, 0.3) is 0 Å². The third kappa shape index (κ3) is 5.70. The van der Waals surface area contributed by atoms with Crippen molar-refractivity contribution in [2.75, 3.05) is 6.61 Å². The van der Waals surface area contributed by atoms with E-state index in [9.17, 15) is 0 Å². The van der Waals surface area contributed by atoms with Gasteiger partial charge in [0.1, 0.15) is 30.3 Å². The summed E-state index contributed by atoms with van der Waals surface area (Å²) in [5.74, 6) is 1.35. The predicted molar refractivity (Wildman–Crippen MR) is 107 cm³/mol. The van der Waals surface area contributed by atoms with Gasteiger partial charge in [-0.3, -0.25) is 4.68 Å². The molecule has 0 saturated heterocycles. The molecule has 0 radical (unpaired) electrons. The molecule has 0 bridgehead atoms. The lowest BCUT2D eigenvalue weighted by molar-refractivity contribution is 0.0363. The van der Waals surface area contributed by atoms with Gasteiger partial charge in [-0.15, -0.1) is 0 Å². The van der Waals surface area contributed by atoms with Crippen molar-refractivity contribution < 1.29 is 9.47 Å². The second-order valence-corrected chi connectivity index (χ2v) is 6.91. The van der Waals surface area contributed by atoms with Gasteiger partial charge in [0.05, 0.1) is 11.6 Å². The fourth-order valence-electron chi connectivity index (χ4n) is 2.58. The van der Waals surface area contributed by atoms with E-state index in [-0.39, 0.29) is 6.10 Å². The van der Waals surface area contributed by atoms with E-state index < -0.39 is 0 Å². The van der Waals surface area contributed by atoms with Crippen LogP contribution in [0, 0.1) is 0 Å². The zero-order chi connectivity index (χ0) is 19.1. The number of halogens is 2. The third-order valence-corrected chi connectivity index (χ3v) is 4.58. The number of hydrogen-bond donors (Lipinski definition) is 0. The number of benzene rings is 2. The SMILES string of the molecule is CCCCOC(Cn1cncn1)c1ccc(Oc2ccc(Cl)cc2)cc1Cl. The number of unbranched alkanes of at least 4 members (excludes halogenated alkanes) is 1. The lowest BCUT2D eigenvalue weighted by atomic mass is 10.1. The summed E-state index contributed by atoms with van der Waals surface area (Å²) in [6, 6.07) is 12.8. The van der Waals surface area contributed by atoms with E-state index in [4.69, 9.17) is 32.7 Å². The molecule has 5 nitrogen and oxygen atoms in total. The topological polar surface area (TPSA) is 49.2 Å². The molecule has 2 aromatic carbocycles. The first kappa shape index (κ1) is 19.7. The Labute approximate surface area is 168 Å². The first-order valence-electron chi connectivity index (χ1n) is 8.82. The Morgan fingerprint density at radius 1 is 1.07 bits per heavy atom. The first-order chi connectivity index (χ1) is 13.2. The zero-order valence-corrected chi connectivity index (χ0v) is 16.5. The van der Waals surface area contributed by atoms with Crippen LogP contribution in [0.2, 0.25) is 10.0 Å². The van der Waals surface area contributed by atoms with Gasteiger partial charge in [-0.1, -0.05) is 42.6 Å². The van der Waals surface area contributed by atoms with Crippen molar-refractivity contribution >= 4 is 23.2 Å². The molecule has 0 aliphatic rings. The van der Waals surface area contributed by atoms with E-state index in [1.165, 1.54) is 6.33 Å². The minimum absolute atomic E-state index is 0.213. The molecule has 142 valence electrons. The van der Waals surface area contributed by atoms with Crippen molar-refractivity contribution in [3.63, 3.8) is 0 Å². The van der Waals surface area contributed by atoms with Crippen molar-refractivity contribution in [3.8, 4) is 11.5 Å². The number of nitrogens with zero attached hydrogens (tertiary/aromatic N) is 3. The molecule has 0 amide bonds. The van der Waals surface area contributed by atoms with Gasteiger partial charge in [-0.05, 0) is 42.8 Å². The van der Waals surface area contributed by atoms with Crippen molar-refractivity contribution in [2.45, 2.75) is 32.4 Å². The van der Waals surface area contributed by atoms with Crippen molar-refractivity contribution in [1.82, 2.24) is 14.8 Å². The Kier molecular flexibility index (Phi) is 7.10. The standard InChI is InChI=1S/C20H21Cl2N3O2/c1-2-3-10-26-20(12-25-14-23-13-24-25)18-9-8-17(11-19(18)22)27-16-6-4-15(21)5-7-16/h4-9,11,13-14,20H,2-3,10,12H2,1H3. The molecular weight excluding hydrogens is 385 g/mol. The van der Waals surface area contributed by atoms with Gasteiger partial charge < -0.3 is 9.47 Å². The van der Waals surface area contributed by atoms with Crippen LogP contribution in [0.1, 0.15) is 31.4 Å². The average molecular weight is 406 g/mol. The molecule has 1 heterocycles. The normalized spacial score (nSPS) is 12.1. The predicted octanol–water partition coefficient (Wildman–Crippen LogP) is 5.94. The maximum atomic E-state index is 6.54. The Balaban J connectivity index is 1.76. The van der Waals surface area contributed by atoms with Crippen LogP contribution in [0.5, 0.6) is 11.5 Å². The minimum atomic E-state index is -0.213. The summed E-state index contributed by atoms with van der Waals surface area (Å²) >= 11 is 12.4. The molecular formula is C20H21Cl2N3O2. The highest BCUT2D eigenvalue weighted by Gasteiger charge is 2.17. The van der Waals surface area contributed by atoms with Crippen LogP contribution >= 0.6 is 23.2 Å². The van der Waals surface area contributed by atoms with E-state index in [1.807, 2.05) is 24.3 Å². The molecule has 27 heavy (non-hydrogen) atoms. The summed E-state index contributed by atoms with van der Waals surface area (Å²) in [6.45, 7) is 3.34. The fraction of sp³-hybridized carbons (Fsp3) is 0.300. The zero-order valence-electron chi connectivity index (χ0n) is 15.0. The second-order valence-electron chi connectivity index (χ2n) is 6.07. The number of aromatic nitrogens is 3. The summed E-state index contributed by atoms with van der Waals surface area (Å²) < 4.78 is 13.6. The van der Waals surface area contributed by atoms with Crippen LogP contribution in [0.25, 0.3) is 0 Å². The highest BCUT2D eigenvalue weighted by molar-refractivity contribution is 6.31. The lowest BCUT2D eigenvalue weighted by Gasteiger charge is -2.20. The second kappa shape index (κ2) is 9.74. The van der Waals surface area contributed by atoms with Crippen LogP contribution in [0.3, 0.4) is 0 Å². The maximum Gasteiger partial charge on any atom is 0.137 e. The Hall–Kier alpha value is -2.08. The van der Waals surface area contributed by atoms with Gasteiger partial charge >= 0.3 is 0 Å². The molecule has 0 aliphatic heterocycles. The molecule has 7 heteroatoms. The van der Waals surface area contributed by atoms with Crippen molar-refractivity contribution in [2.24, 2.45) is 0 Å². The summed E-state index contributed by atoms with van der Waals surface area (Å²) in [6.07, 6.45) is 5.02. The van der Waals surface area contributed by atoms with Crippen LogP contribution in [-0.4, -0.2) is 21.4 Å². The number of rotatable bonds is 9. The summed E-state index contributed by atoms with van der Waals surface area (Å²) in [7, 11) is 0. The van der Waals surface area contributed by atoms with Crippen LogP contribution in [-0.2, 0) is 11.3 Å². The van der Waals surface area contributed by atoms with Gasteiger partial charge in [0, 0.05) is 17.2 Å². The quantitative estimate of drug-likeness (QED) is 0.413. The van der Waals surface area contributed by atoms with E-state index in [2.05, 4.69) is 17.0 Å². The molecule has 3 rings (SSSR count). The Morgan fingerprint density at radius 2 is 1.85 bits per heavy atom. The molecule has 1 aromatic heterocycles. The van der Waals surface area contributed by atoms with Crippen molar-refractivity contribution in [3.05, 3.63) is 70.7 Å². The van der Waals surface area contributed by atoms with E-state index in [0.717, 1.165) is 18.4 Å². The Morgan fingerprint density at radius 3 is 2.52 bits per heavy atom. The highest BCUT2D eigenvalue weighted by Crippen LogP contribution is 2.32. The molecule has 1 atom stereocenters. The van der Waals surface area contributed by atoms with Crippen LogP contribution < -0.4 is 4.74 Å². The first-order valence-corrected chi connectivity index (χ1v) is 9.58. The van der Waals surface area contributed by atoms with E-state index in [0.29, 0.717) is 34.7 Å². The van der Waals surface area contributed by atoms with Crippen LogP contribution in [0.4, 0.5) is 0 Å². The van der Waals surface area contributed by atoms with Crippen LogP contribution in [0.15, 0.2) is 55.1 Å². The largest absolute Gasteiger partial charge is 0.457 e. The smallest absolute Gasteiger partial charge is 0.137 e. The lowest BCUT2D eigenvalue weighted by Crippen LogP contribution is -2.14. The molecule has 1 unspecified atom stereocenters. The average Bonchev–Trinajstić information content (AvgIpc) is 3.16. The van der Waals surface area contributed by atoms with Gasteiger partial charge in [-0.25, -0.2) is 4.98 Å². The highest BCUT2D eigenvalue weighted by atomic mass is 35.5. The van der Waals surface area contributed by atoms with E-state index in [1.54, 1.807) is 29.2 Å². The van der Waals surface area contributed by atoms with Gasteiger partial charge in [-0.2, -0.15) is 5.10 Å². The minimum Gasteiger partial charge on any atom is -0.457 e. The van der Waals surface area contributed by atoms with Crippen molar-refractivity contribution in [1.29, 1.82) is 0 Å². The van der Waals surface area contributed by atoms with E-state index >= 15 is 0 Å². The summed E-state index contributed by atoms with van der Waals surface area (Å²) in [4.78, 5) is 3.99. The monoisotopic (exact) mass is 405 g/mol. The van der Waals surface area contributed by atoms with Gasteiger partial charge in [0.2, 0.25) is 0 Å². The fourth-order valence-corrected chi connectivity index (χ4v) is 3.00. The van der Waals surface area contributed by atoms with Gasteiger partial charge in [0.15, 0.2) is 0 Å². The Bertz CT molecular complexity index is 839. The number of ether oxygens (including phenoxy) is 2. The number of hydrogen-bond acceptors (Lipinski definition) is 4. The molecule has 0 N–H and O–H groups in total. The molecule has 0 aliphatic carbocycles. The maximum absolute atomic E-state index is 6.54. The molecule has 3 aromatic rings.